The van der Waals surface area contributed by atoms with Crippen molar-refractivity contribution in [1.82, 2.24) is 14.7 Å². The van der Waals surface area contributed by atoms with Crippen molar-refractivity contribution in [1.29, 1.82) is 0 Å². The minimum atomic E-state index is -4.26. The lowest BCUT2D eigenvalue weighted by Gasteiger charge is -2.20. The normalized spacial score (nSPS) is 12.0. The summed E-state index contributed by atoms with van der Waals surface area (Å²) in [5.41, 5.74) is 7.61. The Morgan fingerprint density at radius 3 is 2.48 bits per heavy atom. The molecule has 0 atom stereocenters. The molecule has 2 aromatic rings. The first-order chi connectivity index (χ1) is 11.0. The van der Waals surface area contributed by atoms with Crippen molar-refractivity contribution in [2.75, 3.05) is 19.6 Å². The summed E-state index contributed by atoms with van der Waals surface area (Å²) in [6.07, 6.45) is -0.456. The first-order valence-electron chi connectivity index (χ1n) is 7.51. The van der Waals surface area contributed by atoms with Crippen LogP contribution in [0.15, 0.2) is 42.7 Å². The van der Waals surface area contributed by atoms with Gasteiger partial charge in [0.15, 0.2) is 0 Å². The predicted octanol–water partition coefficient (Wildman–Crippen LogP) is 2.45. The van der Waals surface area contributed by atoms with E-state index in [4.69, 9.17) is 5.73 Å². The third-order valence-corrected chi connectivity index (χ3v) is 3.44. The maximum absolute atomic E-state index is 12.4. The Labute approximate surface area is 133 Å². The molecule has 0 aliphatic carbocycles. The molecule has 0 saturated carbocycles. The molecule has 0 unspecified atom stereocenters. The maximum Gasteiger partial charge on any atom is 0.408 e. The van der Waals surface area contributed by atoms with Crippen LogP contribution in [0.2, 0.25) is 0 Å². The van der Waals surface area contributed by atoms with E-state index in [9.17, 15) is 13.2 Å². The van der Waals surface area contributed by atoms with Crippen molar-refractivity contribution >= 4 is 0 Å². The second-order valence-electron chi connectivity index (χ2n) is 5.46. The van der Waals surface area contributed by atoms with Crippen molar-refractivity contribution in [2.24, 2.45) is 5.73 Å². The van der Waals surface area contributed by atoms with Crippen LogP contribution in [0.3, 0.4) is 0 Å². The number of benzene rings is 1. The molecule has 0 bridgehead atoms. The molecule has 2 rings (SSSR count). The molecule has 0 radical (unpaired) electrons. The summed E-state index contributed by atoms with van der Waals surface area (Å²) in [6.45, 7) is 1.48. The molecule has 0 saturated heterocycles. The van der Waals surface area contributed by atoms with Gasteiger partial charge in [0.1, 0.15) is 6.54 Å². The molecule has 126 valence electrons. The van der Waals surface area contributed by atoms with Gasteiger partial charge < -0.3 is 5.73 Å². The molecule has 1 heterocycles. The number of aromatic nitrogens is 2. The number of halogens is 3. The van der Waals surface area contributed by atoms with E-state index in [2.05, 4.69) is 22.1 Å². The summed E-state index contributed by atoms with van der Waals surface area (Å²) in [4.78, 5) is 2.13. The van der Waals surface area contributed by atoms with Crippen LogP contribution < -0.4 is 5.73 Å². The van der Waals surface area contributed by atoms with Crippen molar-refractivity contribution < 1.29 is 13.2 Å². The number of nitrogens with two attached hydrogens (primary N) is 1. The highest BCUT2D eigenvalue weighted by molar-refractivity contribution is 5.15. The summed E-state index contributed by atoms with van der Waals surface area (Å²) in [6, 6.07) is 10.1. The summed E-state index contributed by atoms with van der Waals surface area (Å²) in [7, 11) is 0. The van der Waals surface area contributed by atoms with E-state index in [1.807, 2.05) is 18.2 Å². The molecule has 0 amide bonds. The highest BCUT2D eigenvalue weighted by atomic mass is 19.4. The Balaban J connectivity index is 1.91. The maximum atomic E-state index is 12.4. The summed E-state index contributed by atoms with van der Waals surface area (Å²) in [5, 5.41) is 3.77. The second kappa shape index (κ2) is 8.12. The van der Waals surface area contributed by atoms with Gasteiger partial charge in [-0.15, -0.1) is 0 Å². The van der Waals surface area contributed by atoms with E-state index in [1.54, 1.807) is 0 Å². The van der Waals surface area contributed by atoms with E-state index >= 15 is 0 Å². The molecule has 1 aromatic heterocycles. The van der Waals surface area contributed by atoms with Gasteiger partial charge in [-0.3, -0.25) is 9.58 Å². The van der Waals surface area contributed by atoms with E-state index in [0.717, 1.165) is 23.2 Å². The number of alkyl halides is 3. The quantitative estimate of drug-likeness (QED) is 0.810. The largest absolute Gasteiger partial charge is 0.408 e. The molecular formula is C16H21F3N4. The minimum absolute atomic E-state index is 0.505. The average molecular weight is 326 g/mol. The van der Waals surface area contributed by atoms with Crippen molar-refractivity contribution in [2.45, 2.75) is 25.7 Å². The average Bonchev–Trinajstić information content (AvgIpc) is 2.91. The number of rotatable bonds is 8. The van der Waals surface area contributed by atoms with Crippen LogP contribution >= 0.6 is 0 Å². The zero-order chi connectivity index (χ0) is 16.7. The van der Waals surface area contributed by atoms with Gasteiger partial charge in [-0.25, -0.2) is 0 Å². The van der Waals surface area contributed by atoms with Crippen LogP contribution in [0, 0.1) is 0 Å². The standard InChI is InChI=1S/C16H21F3N4/c17-16(18,19)13-23-12-15(10-21-23)11-22(9-7-20)8-6-14-4-2-1-3-5-14/h1-5,10,12H,6-9,11,13,20H2. The Morgan fingerprint density at radius 2 is 1.83 bits per heavy atom. The van der Waals surface area contributed by atoms with Crippen molar-refractivity contribution in [3.05, 3.63) is 53.9 Å². The zero-order valence-corrected chi connectivity index (χ0v) is 12.8. The Hall–Kier alpha value is -1.86. The highest BCUT2D eigenvalue weighted by Crippen LogP contribution is 2.17. The summed E-state index contributed by atoms with van der Waals surface area (Å²) >= 11 is 0. The molecule has 0 aliphatic rings. The Bertz CT molecular complexity index is 581. The molecule has 2 N–H and O–H groups in total. The summed E-state index contributed by atoms with van der Waals surface area (Å²) < 4.78 is 38.0. The van der Waals surface area contributed by atoms with Gasteiger partial charge in [0.25, 0.3) is 0 Å². The molecule has 7 heteroatoms. The van der Waals surface area contributed by atoms with Crippen LogP contribution in [0.5, 0.6) is 0 Å². The van der Waals surface area contributed by atoms with Gasteiger partial charge in [-0.2, -0.15) is 18.3 Å². The van der Waals surface area contributed by atoms with E-state index in [0.29, 0.717) is 19.6 Å². The van der Waals surface area contributed by atoms with Crippen LogP contribution in [-0.2, 0) is 19.5 Å². The molecule has 0 aliphatic heterocycles. The third-order valence-electron chi connectivity index (χ3n) is 3.44. The lowest BCUT2D eigenvalue weighted by molar-refractivity contribution is -0.142. The number of hydrogen-bond acceptors (Lipinski definition) is 3. The van der Waals surface area contributed by atoms with Gasteiger partial charge in [-0.05, 0) is 12.0 Å². The van der Waals surface area contributed by atoms with Gasteiger partial charge in [0.05, 0.1) is 6.20 Å². The predicted molar refractivity (Wildman–Crippen MR) is 82.8 cm³/mol. The third kappa shape index (κ3) is 6.42. The minimum Gasteiger partial charge on any atom is -0.329 e. The number of hydrogen-bond donors (Lipinski definition) is 1. The molecule has 23 heavy (non-hydrogen) atoms. The fourth-order valence-corrected chi connectivity index (χ4v) is 2.40. The fourth-order valence-electron chi connectivity index (χ4n) is 2.40. The fraction of sp³-hybridized carbons (Fsp3) is 0.438. The molecule has 4 nitrogen and oxygen atoms in total. The lowest BCUT2D eigenvalue weighted by atomic mass is 10.1. The van der Waals surface area contributed by atoms with Crippen LogP contribution in [0.4, 0.5) is 13.2 Å². The topological polar surface area (TPSA) is 47.1 Å². The van der Waals surface area contributed by atoms with E-state index in [-0.39, 0.29) is 0 Å². The summed E-state index contributed by atoms with van der Waals surface area (Å²) in [5.74, 6) is 0. The molecule has 0 fully saturated rings. The smallest absolute Gasteiger partial charge is 0.329 e. The Kier molecular flexibility index (Phi) is 6.18. The first kappa shape index (κ1) is 17.5. The molecule has 0 spiro atoms. The van der Waals surface area contributed by atoms with Crippen molar-refractivity contribution in [3.8, 4) is 0 Å². The van der Waals surface area contributed by atoms with E-state index < -0.39 is 12.7 Å². The van der Waals surface area contributed by atoms with E-state index in [1.165, 1.54) is 18.0 Å². The van der Waals surface area contributed by atoms with Crippen LogP contribution in [-0.4, -0.2) is 40.5 Å². The van der Waals surface area contributed by atoms with Crippen molar-refractivity contribution in [3.63, 3.8) is 0 Å². The monoisotopic (exact) mass is 326 g/mol. The van der Waals surface area contributed by atoms with Crippen LogP contribution in [0.25, 0.3) is 0 Å². The zero-order valence-electron chi connectivity index (χ0n) is 12.8. The Morgan fingerprint density at radius 1 is 1.09 bits per heavy atom. The molecular weight excluding hydrogens is 305 g/mol. The lowest BCUT2D eigenvalue weighted by Crippen LogP contribution is -2.31. The van der Waals surface area contributed by atoms with Gasteiger partial charge in [0.2, 0.25) is 0 Å². The van der Waals surface area contributed by atoms with Gasteiger partial charge in [-0.1, -0.05) is 30.3 Å². The van der Waals surface area contributed by atoms with Gasteiger partial charge >= 0.3 is 6.18 Å². The molecule has 1 aromatic carbocycles. The second-order valence-corrected chi connectivity index (χ2v) is 5.46. The SMILES string of the molecule is NCCN(CCc1ccccc1)Cc1cnn(CC(F)(F)F)c1. The first-order valence-corrected chi connectivity index (χ1v) is 7.51. The van der Waals surface area contributed by atoms with Gasteiger partial charge in [0, 0.05) is 37.9 Å². The highest BCUT2D eigenvalue weighted by Gasteiger charge is 2.28. The van der Waals surface area contributed by atoms with Crippen LogP contribution in [0.1, 0.15) is 11.1 Å². The number of nitrogens with zero attached hydrogens (tertiary/aromatic N) is 3.